The minimum atomic E-state index is -3.86. The van der Waals surface area contributed by atoms with E-state index in [1.165, 1.54) is 10.4 Å². The normalized spacial score (nSPS) is 20.8. The van der Waals surface area contributed by atoms with Gasteiger partial charge in [-0.1, -0.05) is 12.1 Å². The van der Waals surface area contributed by atoms with Gasteiger partial charge < -0.3 is 15.0 Å². The number of sulfonamides is 1. The van der Waals surface area contributed by atoms with Crippen LogP contribution < -0.4 is 15.0 Å². The first kappa shape index (κ1) is 24.2. The number of carbonyl (C=O) groups is 2. The quantitative estimate of drug-likeness (QED) is 0.700. The minimum Gasteiger partial charge on any atom is -0.479 e. The molecular weight excluding hydrogens is 454 g/mol. The number of anilines is 2. The van der Waals surface area contributed by atoms with Crippen LogP contribution in [0.4, 0.5) is 11.4 Å². The predicted octanol–water partition coefficient (Wildman–Crippen LogP) is 3.48. The third kappa shape index (κ3) is 4.54. The van der Waals surface area contributed by atoms with E-state index in [1.54, 1.807) is 24.8 Å². The van der Waals surface area contributed by atoms with Gasteiger partial charge in [-0.05, 0) is 69.9 Å². The predicted molar refractivity (Wildman–Crippen MR) is 131 cm³/mol. The Morgan fingerprint density at radius 2 is 2.00 bits per heavy atom. The summed E-state index contributed by atoms with van der Waals surface area (Å²) in [6.45, 7) is 8.21. The second-order valence-corrected chi connectivity index (χ2v) is 10.9. The molecule has 2 aromatic rings. The first-order valence-corrected chi connectivity index (χ1v) is 13.1. The average molecular weight is 486 g/mol. The molecule has 9 heteroatoms. The van der Waals surface area contributed by atoms with Crippen molar-refractivity contribution in [1.82, 2.24) is 4.31 Å². The molecule has 0 unspecified atom stereocenters. The monoisotopic (exact) mass is 485 g/mol. The van der Waals surface area contributed by atoms with Crippen LogP contribution in [0.25, 0.3) is 0 Å². The van der Waals surface area contributed by atoms with Gasteiger partial charge in [-0.2, -0.15) is 4.31 Å². The Bertz CT molecular complexity index is 1230. The van der Waals surface area contributed by atoms with Crippen molar-refractivity contribution >= 4 is 33.2 Å². The highest BCUT2D eigenvalue weighted by Gasteiger charge is 2.37. The van der Waals surface area contributed by atoms with Crippen molar-refractivity contribution in [3.05, 3.63) is 47.5 Å². The fourth-order valence-electron chi connectivity index (χ4n) is 4.60. The van der Waals surface area contributed by atoms with Gasteiger partial charge in [0.05, 0.1) is 16.5 Å². The average Bonchev–Trinajstić information content (AvgIpc) is 2.80. The maximum absolute atomic E-state index is 13.6. The summed E-state index contributed by atoms with van der Waals surface area (Å²) in [4.78, 5) is 27.2. The van der Waals surface area contributed by atoms with Crippen molar-refractivity contribution in [2.24, 2.45) is 5.92 Å². The second-order valence-electron chi connectivity index (χ2n) is 8.99. The van der Waals surface area contributed by atoms with Gasteiger partial charge >= 0.3 is 0 Å². The van der Waals surface area contributed by atoms with Gasteiger partial charge in [-0.15, -0.1) is 0 Å². The topological polar surface area (TPSA) is 96.0 Å². The van der Waals surface area contributed by atoms with E-state index >= 15 is 0 Å². The molecule has 2 atom stereocenters. The second kappa shape index (κ2) is 9.38. The Morgan fingerprint density at radius 3 is 2.71 bits per heavy atom. The van der Waals surface area contributed by atoms with Crippen molar-refractivity contribution in [1.29, 1.82) is 0 Å². The first-order chi connectivity index (χ1) is 16.1. The molecule has 2 aliphatic heterocycles. The smallest absolute Gasteiger partial charge is 0.265 e. The largest absolute Gasteiger partial charge is 0.479 e. The van der Waals surface area contributed by atoms with Gasteiger partial charge in [0.1, 0.15) is 5.75 Å². The van der Waals surface area contributed by atoms with Gasteiger partial charge in [0.25, 0.3) is 5.91 Å². The summed E-state index contributed by atoms with van der Waals surface area (Å²) in [5.41, 5.74) is 2.86. The maximum Gasteiger partial charge on any atom is 0.265 e. The van der Waals surface area contributed by atoms with Gasteiger partial charge in [-0.3, -0.25) is 9.59 Å². The van der Waals surface area contributed by atoms with Crippen molar-refractivity contribution in [3.63, 3.8) is 0 Å². The number of benzene rings is 2. The molecule has 2 aliphatic rings. The standard InChI is InChI=1S/C25H31N3O5S/c1-5-28(20-10-6-8-16(2)12-20)25(30)19-9-7-11-27(15-19)34(31,32)23-14-22-21(13-17(23)3)26-24(29)18(4)33-22/h6,8,10,12-14,18-19H,5,7,9,11,15H2,1-4H3,(H,26,29)/t18-,19+/m1/s1. The number of aryl methyl sites for hydroxylation is 2. The van der Waals surface area contributed by atoms with E-state index in [4.69, 9.17) is 4.74 Å². The third-order valence-electron chi connectivity index (χ3n) is 6.45. The highest BCUT2D eigenvalue weighted by molar-refractivity contribution is 7.89. The van der Waals surface area contributed by atoms with E-state index in [9.17, 15) is 18.0 Å². The molecule has 2 heterocycles. The molecule has 0 aromatic heterocycles. The lowest BCUT2D eigenvalue weighted by Crippen LogP contribution is -2.47. The Kier molecular flexibility index (Phi) is 6.69. The van der Waals surface area contributed by atoms with Crippen LogP contribution in [0, 0.1) is 19.8 Å². The first-order valence-electron chi connectivity index (χ1n) is 11.6. The van der Waals surface area contributed by atoms with Crippen LogP contribution in [-0.4, -0.2) is 50.3 Å². The molecule has 2 aromatic carbocycles. The zero-order chi connectivity index (χ0) is 24.6. The van der Waals surface area contributed by atoms with Crippen LogP contribution in [0.15, 0.2) is 41.3 Å². The summed E-state index contributed by atoms with van der Waals surface area (Å²) < 4.78 is 34.3. The zero-order valence-electron chi connectivity index (χ0n) is 20.0. The molecule has 0 radical (unpaired) electrons. The van der Waals surface area contributed by atoms with Crippen molar-refractivity contribution in [2.45, 2.75) is 51.5 Å². The van der Waals surface area contributed by atoms with Gasteiger partial charge in [0, 0.05) is 31.4 Å². The summed E-state index contributed by atoms with van der Waals surface area (Å²) in [5, 5.41) is 2.75. The number of piperidine rings is 1. The van der Waals surface area contributed by atoms with E-state index < -0.39 is 22.0 Å². The summed E-state index contributed by atoms with van der Waals surface area (Å²) in [5.74, 6) is -0.418. The Morgan fingerprint density at radius 1 is 1.24 bits per heavy atom. The summed E-state index contributed by atoms with van der Waals surface area (Å²) in [6.07, 6.45) is 0.543. The molecule has 1 fully saturated rings. The lowest BCUT2D eigenvalue weighted by molar-refractivity contribution is -0.123. The van der Waals surface area contributed by atoms with E-state index in [2.05, 4.69) is 5.32 Å². The van der Waals surface area contributed by atoms with Gasteiger partial charge in [0.15, 0.2) is 6.10 Å². The lowest BCUT2D eigenvalue weighted by Gasteiger charge is -2.34. The summed E-state index contributed by atoms with van der Waals surface area (Å²) in [6, 6.07) is 10.9. The molecule has 0 aliphatic carbocycles. The molecule has 1 N–H and O–H groups in total. The number of nitrogens with one attached hydrogen (secondary N) is 1. The summed E-state index contributed by atoms with van der Waals surface area (Å²) >= 11 is 0. The molecule has 4 rings (SSSR count). The fourth-order valence-corrected chi connectivity index (χ4v) is 6.35. The van der Waals surface area contributed by atoms with Crippen molar-refractivity contribution in [3.8, 4) is 5.75 Å². The van der Waals surface area contributed by atoms with E-state index in [0.29, 0.717) is 42.9 Å². The molecule has 2 amide bonds. The fraction of sp³-hybridized carbons (Fsp3) is 0.440. The van der Waals surface area contributed by atoms with E-state index in [1.807, 2.05) is 38.1 Å². The van der Waals surface area contributed by atoms with Crippen molar-refractivity contribution < 1.29 is 22.7 Å². The van der Waals surface area contributed by atoms with Crippen LogP contribution in [0.5, 0.6) is 5.75 Å². The van der Waals surface area contributed by atoms with Crippen LogP contribution in [-0.2, 0) is 19.6 Å². The number of fused-ring (bicyclic) bond motifs is 1. The van der Waals surface area contributed by atoms with Gasteiger partial charge in [0.2, 0.25) is 15.9 Å². The van der Waals surface area contributed by atoms with Crippen LogP contribution >= 0.6 is 0 Å². The Labute approximate surface area is 200 Å². The molecule has 8 nitrogen and oxygen atoms in total. The van der Waals surface area contributed by atoms with Crippen LogP contribution in [0.3, 0.4) is 0 Å². The SMILES string of the molecule is CCN(C(=O)[C@H]1CCCN(S(=O)(=O)c2cc3c(cc2C)NC(=O)[C@@H](C)O3)C1)c1cccc(C)c1. The Hall–Kier alpha value is -2.91. The Balaban J connectivity index is 1.58. The molecule has 0 saturated carbocycles. The highest BCUT2D eigenvalue weighted by Crippen LogP contribution is 2.36. The number of carbonyl (C=O) groups excluding carboxylic acids is 2. The van der Waals surface area contributed by atoms with E-state index in [0.717, 1.165) is 11.3 Å². The third-order valence-corrected chi connectivity index (χ3v) is 8.46. The number of nitrogens with zero attached hydrogens (tertiary/aromatic N) is 2. The molecular formula is C25H31N3O5S. The number of rotatable bonds is 5. The van der Waals surface area contributed by atoms with Gasteiger partial charge in [-0.25, -0.2) is 8.42 Å². The van der Waals surface area contributed by atoms with Crippen molar-refractivity contribution in [2.75, 3.05) is 29.9 Å². The zero-order valence-corrected chi connectivity index (χ0v) is 20.8. The molecule has 34 heavy (non-hydrogen) atoms. The molecule has 0 bridgehead atoms. The summed E-state index contributed by atoms with van der Waals surface area (Å²) in [7, 11) is -3.86. The maximum atomic E-state index is 13.6. The highest BCUT2D eigenvalue weighted by atomic mass is 32.2. The molecule has 1 saturated heterocycles. The number of hydrogen-bond donors (Lipinski definition) is 1. The minimum absolute atomic E-state index is 0.0602. The van der Waals surface area contributed by atoms with Crippen LogP contribution in [0.2, 0.25) is 0 Å². The lowest BCUT2D eigenvalue weighted by atomic mass is 9.97. The molecule has 0 spiro atoms. The number of ether oxygens (including phenoxy) is 1. The van der Waals surface area contributed by atoms with E-state index in [-0.39, 0.29) is 23.3 Å². The number of amides is 2. The van der Waals surface area contributed by atoms with Crippen LogP contribution in [0.1, 0.15) is 37.8 Å². The molecule has 182 valence electrons. The number of hydrogen-bond acceptors (Lipinski definition) is 5.